The van der Waals surface area contributed by atoms with Gasteiger partial charge in [-0.2, -0.15) is 8.42 Å². The lowest BCUT2D eigenvalue weighted by Gasteiger charge is -2.16. The summed E-state index contributed by atoms with van der Waals surface area (Å²) < 4.78 is 34.7. The van der Waals surface area contributed by atoms with Gasteiger partial charge in [0.15, 0.2) is 0 Å². The monoisotopic (exact) mass is 391 g/mol. The molecule has 1 N–H and O–H groups in total. The standard InChI is InChI=1S/C19H21NO6S/c1-3-25-19(22)18(13-20-14(2)21)15-9-11-16(12-10-15)26-27(23,24)17-7-5-4-6-8-17/h4-12,18H,3,13H2,1-2H3,(H,20,21). The molecule has 0 aliphatic heterocycles. The van der Waals surface area contributed by atoms with Crippen molar-refractivity contribution in [3.05, 3.63) is 60.2 Å². The summed E-state index contributed by atoms with van der Waals surface area (Å²) in [5.41, 5.74) is 0.576. The summed E-state index contributed by atoms with van der Waals surface area (Å²) in [5.74, 6) is -1.33. The third-order valence-electron chi connectivity index (χ3n) is 3.65. The van der Waals surface area contributed by atoms with Gasteiger partial charge < -0.3 is 14.2 Å². The van der Waals surface area contributed by atoms with E-state index in [4.69, 9.17) is 8.92 Å². The smallest absolute Gasteiger partial charge is 0.339 e. The molecule has 2 aromatic rings. The van der Waals surface area contributed by atoms with Gasteiger partial charge in [-0.15, -0.1) is 0 Å². The van der Waals surface area contributed by atoms with Gasteiger partial charge in [-0.05, 0) is 36.8 Å². The third-order valence-corrected chi connectivity index (χ3v) is 4.91. The third kappa shape index (κ3) is 5.82. The summed E-state index contributed by atoms with van der Waals surface area (Å²) in [4.78, 5) is 23.4. The molecule has 0 aliphatic rings. The molecule has 7 nitrogen and oxygen atoms in total. The van der Waals surface area contributed by atoms with Crippen LogP contribution in [0.1, 0.15) is 25.3 Å². The number of esters is 1. The van der Waals surface area contributed by atoms with E-state index in [9.17, 15) is 18.0 Å². The fourth-order valence-corrected chi connectivity index (χ4v) is 3.29. The molecule has 0 radical (unpaired) electrons. The first kappa shape index (κ1) is 20.4. The van der Waals surface area contributed by atoms with E-state index in [1.54, 1.807) is 37.3 Å². The fourth-order valence-electron chi connectivity index (χ4n) is 2.34. The predicted molar refractivity (Wildman–Crippen MR) is 98.8 cm³/mol. The van der Waals surface area contributed by atoms with Crippen molar-refractivity contribution in [2.24, 2.45) is 0 Å². The van der Waals surface area contributed by atoms with Crippen LogP contribution in [0.5, 0.6) is 5.75 Å². The zero-order valence-corrected chi connectivity index (χ0v) is 15.9. The first-order chi connectivity index (χ1) is 12.8. The Morgan fingerprint density at radius 3 is 2.22 bits per heavy atom. The van der Waals surface area contributed by atoms with Crippen LogP contribution in [0.4, 0.5) is 0 Å². The van der Waals surface area contributed by atoms with Crippen LogP contribution in [0.15, 0.2) is 59.5 Å². The predicted octanol–water partition coefficient (Wildman–Crippen LogP) is 2.24. The van der Waals surface area contributed by atoms with Gasteiger partial charge in [0.25, 0.3) is 0 Å². The van der Waals surface area contributed by atoms with Gasteiger partial charge in [-0.25, -0.2) is 0 Å². The largest absolute Gasteiger partial charge is 0.465 e. The summed E-state index contributed by atoms with van der Waals surface area (Å²) in [7, 11) is -3.94. The molecule has 144 valence electrons. The van der Waals surface area contributed by atoms with Crippen LogP contribution in [-0.2, 0) is 24.4 Å². The van der Waals surface area contributed by atoms with E-state index < -0.39 is 22.0 Å². The second-order valence-electron chi connectivity index (χ2n) is 5.66. The van der Waals surface area contributed by atoms with E-state index in [1.165, 1.54) is 31.2 Å². The van der Waals surface area contributed by atoms with E-state index in [0.29, 0.717) is 5.56 Å². The minimum Gasteiger partial charge on any atom is -0.465 e. The van der Waals surface area contributed by atoms with Crippen molar-refractivity contribution >= 4 is 22.0 Å². The number of benzene rings is 2. The van der Waals surface area contributed by atoms with Crippen LogP contribution < -0.4 is 9.50 Å². The summed E-state index contributed by atoms with van der Waals surface area (Å²) in [5, 5.41) is 2.59. The maximum atomic E-state index is 12.2. The molecule has 0 heterocycles. The zero-order valence-electron chi connectivity index (χ0n) is 15.0. The van der Waals surface area contributed by atoms with Crippen molar-refractivity contribution < 1.29 is 26.9 Å². The Kier molecular flexibility index (Phi) is 6.95. The molecule has 8 heteroatoms. The summed E-state index contributed by atoms with van der Waals surface area (Å²) in [6.07, 6.45) is 0. The lowest BCUT2D eigenvalue weighted by Crippen LogP contribution is -2.31. The number of rotatable bonds is 8. The highest BCUT2D eigenvalue weighted by Crippen LogP contribution is 2.23. The molecule has 0 bridgehead atoms. The summed E-state index contributed by atoms with van der Waals surface area (Å²) >= 11 is 0. The first-order valence-electron chi connectivity index (χ1n) is 8.34. The number of ether oxygens (including phenoxy) is 1. The minimum atomic E-state index is -3.94. The highest BCUT2D eigenvalue weighted by Gasteiger charge is 2.23. The van der Waals surface area contributed by atoms with Crippen molar-refractivity contribution in [2.45, 2.75) is 24.7 Å². The number of hydrogen-bond donors (Lipinski definition) is 1. The van der Waals surface area contributed by atoms with Crippen molar-refractivity contribution in [3.8, 4) is 5.75 Å². The highest BCUT2D eigenvalue weighted by atomic mass is 32.2. The molecular formula is C19H21NO6S. The van der Waals surface area contributed by atoms with E-state index in [1.807, 2.05) is 0 Å². The summed E-state index contributed by atoms with van der Waals surface area (Å²) in [6.45, 7) is 3.34. The molecule has 2 aromatic carbocycles. The molecule has 0 saturated heterocycles. The molecule has 1 amide bonds. The molecule has 0 fully saturated rings. The summed E-state index contributed by atoms with van der Waals surface area (Å²) in [6, 6.07) is 13.8. The van der Waals surface area contributed by atoms with Gasteiger partial charge in [0.1, 0.15) is 10.6 Å². The van der Waals surface area contributed by atoms with E-state index in [-0.39, 0.29) is 29.7 Å². The van der Waals surface area contributed by atoms with Crippen LogP contribution in [0, 0.1) is 0 Å². The molecule has 0 aromatic heterocycles. The normalized spacial score (nSPS) is 12.1. The van der Waals surface area contributed by atoms with Crippen LogP contribution in [0.2, 0.25) is 0 Å². The van der Waals surface area contributed by atoms with Crippen molar-refractivity contribution in [3.63, 3.8) is 0 Å². The lowest BCUT2D eigenvalue weighted by molar-refractivity contribution is -0.144. The Morgan fingerprint density at radius 1 is 1.04 bits per heavy atom. The second kappa shape index (κ2) is 9.18. The number of amides is 1. The number of carbonyl (C=O) groups excluding carboxylic acids is 2. The molecule has 0 saturated carbocycles. The topological polar surface area (TPSA) is 98.8 Å². The van der Waals surface area contributed by atoms with Gasteiger partial charge in [0.2, 0.25) is 5.91 Å². The van der Waals surface area contributed by atoms with Crippen molar-refractivity contribution in [2.75, 3.05) is 13.2 Å². The van der Waals surface area contributed by atoms with Gasteiger partial charge in [0, 0.05) is 13.5 Å². The SMILES string of the molecule is CCOC(=O)C(CNC(C)=O)c1ccc(OS(=O)(=O)c2ccccc2)cc1. The Morgan fingerprint density at radius 2 is 1.67 bits per heavy atom. The number of nitrogens with one attached hydrogen (secondary N) is 1. The molecule has 0 aliphatic carbocycles. The Hall–Kier alpha value is -2.87. The minimum absolute atomic E-state index is 0.0455. The van der Waals surface area contributed by atoms with Crippen LogP contribution in [0.3, 0.4) is 0 Å². The van der Waals surface area contributed by atoms with Gasteiger partial charge in [-0.1, -0.05) is 30.3 Å². The van der Waals surface area contributed by atoms with E-state index in [0.717, 1.165) is 0 Å². The zero-order chi connectivity index (χ0) is 19.9. The van der Waals surface area contributed by atoms with E-state index in [2.05, 4.69) is 5.32 Å². The Labute approximate surface area is 158 Å². The average molecular weight is 391 g/mol. The van der Waals surface area contributed by atoms with Gasteiger partial charge in [-0.3, -0.25) is 9.59 Å². The van der Waals surface area contributed by atoms with Gasteiger partial charge >= 0.3 is 16.1 Å². The maximum Gasteiger partial charge on any atom is 0.339 e. The van der Waals surface area contributed by atoms with Crippen molar-refractivity contribution in [1.29, 1.82) is 0 Å². The molecule has 2 rings (SSSR count). The second-order valence-corrected chi connectivity index (χ2v) is 7.21. The fraction of sp³-hybridized carbons (Fsp3) is 0.263. The molecule has 0 spiro atoms. The molecule has 27 heavy (non-hydrogen) atoms. The first-order valence-corrected chi connectivity index (χ1v) is 9.75. The van der Waals surface area contributed by atoms with Gasteiger partial charge in [0.05, 0.1) is 12.5 Å². The van der Waals surface area contributed by atoms with Crippen LogP contribution in [-0.4, -0.2) is 33.4 Å². The van der Waals surface area contributed by atoms with E-state index >= 15 is 0 Å². The number of hydrogen-bond acceptors (Lipinski definition) is 6. The van der Waals surface area contributed by atoms with Crippen molar-refractivity contribution in [1.82, 2.24) is 5.32 Å². The average Bonchev–Trinajstić information content (AvgIpc) is 2.64. The Bertz CT molecular complexity index is 878. The Balaban J connectivity index is 2.18. The quantitative estimate of drug-likeness (QED) is 0.547. The molecule has 1 unspecified atom stereocenters. The molecule has 1 atom stereocenters. The lowest BCUT2D eigenvalue weighted by atomic mass is 9.99. The highest BCUT2D eigenvalue weighted by molar-refractivity contribution is 7.87. The molecular weight excluding hydrogens is 370 g/mol. The van der Waals surface area contributed by atoms with Crippen LogP contribution in [0.25, 0.3) is 0 Å². The maximum absolute atomic E-state index is 12.2. The number of carbonyl (C=O) groups is 2. The van der Waals surface area contributed by atoms with Crippen LogP contribution >= 0.6 is 0 Å².